The van der Waals surface area contributed by atoms with Gasteiger partial charge in [-0.2, -0.15) is 0 Å². The molecule has 1 unspecified atom stereocenters. The van der Waals surface area contributed by atoms with Crippen LogP contribution in [0.1, 0.15) is 12.5 Å². The predicted molar refractivity (Wildman–Crippen MR) is 105 cm³/mol. The van der Waals surface area contributed by atoms with E-state index in [1.54, 1.807) is 34.7 Å². The number of carbonyl (C=O) groups excluding carboxylic acids is 1. The lowest BCUT2D eigenvalue weighted by molar-refractivity contribution is -0.389. The van der Waals surface area contributed by atoms with Crippen LogP contribution in [0.25, 0.3) is 0 Å². The first-order valence-corrected chi connectivity index (χ1v) is 9.47. The largest absolute Gasteiger partial charge is 0.497 e. The number of hydrogen-bond donors (Lipinski definition) is 0. The van der Waals surface area contributed by atoms with Crippen molar-refractivity contribution >= 4 is 11.8 Å². The van der Waals surface area contributed by atoms with Crippen molar-refractivity contribution in [2.75, 3.05) is 33.9 Å². The van der Waals surface area contributed by atoms with Crippen LogP contribution in [-0.4, -0.2) is 69.8 Å². The molecule has 0 saturated carbocycles. The maximum absolute atomic E-state index is 12.9. The number of rotatable bonds is 7. The second-order valence-corrected chi connectivity index (χ2v) is 7.62. The Labute approximate surface area is 172 Å². The topological polar surface area (TPSA) is 112 Å². The average molecular weight is 417 g/mol. The summed E-state index contributed by atoms with van der Waals surface area (Å²) in [6.07, 6.45) is 1.36. The van der Waals surface area contributed by atoms with Gasteiger partial charge in [0, 0.05) is 29.7 Å². The van der Waals surface area contributed by atoms with E-state index in [-0.39, 0.29) is 17.9 Å². The van der Waals surface area contributed by atoms with Crippen molar-refractivity contribution in [3.63, 3.8) is 0 Å². The molecule has 2 amide bonds. The van der Waals surface area contributed by atoms with E-state index in [0.29, 0.717) is 44.2 Å². The number of fused-ring (bicyclic) bond motifs is 1. The van der Waals surface area contributed by atoms with Gasteiger partial charge in [0.05, 0.1) is 33.9 Å². The SMILES string of the molecule is COc1ccc(CN2CCN(CC3(C)Cn4cc([N+](=O)[O-])nc4O3)C2=O)c(OC)c1. The third kappa shape index (κ3) is 3.58. The number of ether oxygens (including phenoxy) is 3. The van der Waals surface area contributed by atoms with Crippen LogP contribution in [-0.2, 0) is 13.1 Å². The minimum atomic E-state index is -0.694. The van der Waals surface area contributed by atoms with Crippen LogP contribution < -0.4 is 14.2 Å². The first-order chi connectivity index (χ1) is 14.3. The summed E-state index contributed by atoms with van der Waals surface area (Å²) in [7, 11) is 3.18. The molecule has 30 heavy (non-hydrogen) atoms. The highest BCUT2D eigenvalue weighted by molar-refractivity contribution is 5.76. The zero-order valence-corrected chi connectivity index (χ0v) is 17.0. The van der Waals surface area contributed by atoms with Crippen molar-refractivity contribution in [3.05, 3.63) is 40.1 Å². The molecular formula is C19H23N5O6. The fraction of sp³-hybridized carbons (Fsp3) is 0.474. The molecule has 0 radical (unpaired) electrons. The van der Waals surface area contributed by atoms with Crippen molar-refractivity contribution < 1.29 is 23.9 Å². The molecule has 3 heterocycles. The first kappa shape index (κ1) is 19.8. The molecule has 2 aliphatic heterocycles. The van der Waals surface area contributed by atoms with Gasteiger partial charge >= 0.3 is 17.9 Å². The van der Waals surface area contributed by atoms with Gasteiger partial charge in [-0.25, -0.2) is 4.79 Å². The molecule has 1 aromatic heterocycles. The number of carbonyl (C=O) groups is 1. The van der Waals surface area contributed by atoms with Crippen molar-refractivity contribution in [1.82, 2.24) is 19.4 Å². The van der Waals surface area contributed by atoms with Crippen LogP contribution in [0.2, 0.25) is 0 Å². The molecule has 11 nitrogen and oxygen atoms in total. The summed E-state index contributed by atoms with van der Waals surface area (Å²) in [5.41, 5.74) is 0.199. The molecule has 1 fully saturated rings. The molecule has 2 aliphatic rings. The molecule has 0 bridgehead atoms. The van der Waals surface area contributed by atoms with E-state index in [0.717, 1.165) is 5.56 Å². The Bertz CT molecular complexity index is 966. The standard InChI is InChI=1S/C19H23N5O6/c1-19(12-23-10-16(24(26)27)20-17(23)30-19)11-22-7-6-21(18(22)25)9-13-4-5-14(28-2)8-15(13)29-3/h4-5,8,10H,6-7,9,11-12H2,1-3H3. The highest BCUT2D eigenvalue weighted by atomic mass is 16.6. The van der Waals surface area contributed by atoms with Crippen LogP contribution in [0.4, 0.5) is 10.6 Å². The molecular weight excluding hydrogens is 394 g/mol. The van der Waals surface area contributed by atoms with E-state index in [9.17, 15) is 14.9 Å². The molecule has 0 aliphatic carbocycles. The number of benzene rings is 1. The number of amides is 2. The van der Waals surface area contributed by atoms with Gasteiger partial charge in [-0.15, -0.1) is 0 Å². The van der Waals surface area contributed by atoms with Gasteiger partial charge in [-0.05, 0) is 24.0 Å². The minimum Gasteiger partial charge on any atom is -0.497 e. The number of nitrogens with zero attached hydrogens (tertiary/aromatic N) is 5. The predicted octanol–water partition coefficient (Wildman–Crippen LogP) is 1.90. The number of nitro groups is 1. The summed E-state index contributed by atoms with van der Waals surface area (Å²) >= 11 is 0. The summed E-state index contributed by atoms with van der Waals surface area (Å²) in [4.78, 5) is 30.6. The van der Waals surface area contributed by atoms with Gasteiger partial charge in [-0.1, -0.05) is 0 Å². The van der Waals surface area contributed by atoms with Crippen LogP contribution in [0.15, 0.2) is 24.4 Å². The Kier molecular flexibility index (Phi) is 4.88. The van der Waals surface area contributed by atoms with E-state index in [1.165, 1.54) is 6.20 Å². The van der Waals surface area contributed by atoms with Gasteiger partial charge < -0.3 is 34.1 Å². The molecule has 1 atom stereocenters. The summed E-state index contributed by atoms with van der Waals surface area (Å²) in [6.45, 7) is 4.20. The second kappa shape index (κ2) is 7.39. The van der Waals surface area contributed by atoms with Gasteiger partial charge in [0.2, 0.25) is 0 Å². The maximum atomic E-state index is 12.9. The van der Waals surface area contributed by atoms with Crippen molar-refractivity contribution in [3.8, 4) is 17.5 Å². The van der Waals surface area contributed by atoms with Crippen LogP contribution >= 0.6 is 0 Å². The fourth-order valence-corrected chi connectivity index (χ4v) is 3.88. The molecule has 4 rings (SSSR count). The van der Waals surface area contributed by atoms with Crippen LogP contribution in [0.5, 0.6) is 17.5 Å². The Balaban J connectivity index is 1.40. The molecule has 1 saturated heterocycles. The number of hydrogen-bond acceptors (Lipinski definition) is 7. The molecule has 11 heteroatoms. The number of urea groups is 1. The summed E-state index contributed by atoms with van der Waals surface area (Å²) in [5.74, 6) is 1.11. The Morgan fingerprint density at radius 1 is 1.27 bits per heavy atom. The van der Waals surface area contributed by atoms with E-state index >= 15 is 0 Å². The summed E-state index contributed by atoms with van der Waals surface area (Å²) < 4.78 is 18.1. The van der Waals surface area contributed by atoms with E-state index in [1.807, 2.05) is 19.1 Å². The number of imidazole rings is 1. The zero-order valence-electron chi connectivity index (χ0n) is 17.0. The Morgan fingerprint density at radius 2 is 2.03 bits per heavy atom. The van der Waals surface area contributed by atoms with E-state index < -0.39 is 10.5 Å². The normalized spacial score (nSPS) is 20.3. The highest BCUT2D eigenvalue weighted by Crippen LogP contribution is 2.32. The quantitative estimate of drug-likeness (QED) is 0.499. The summed E-state index contributed by atoms with van der Waals surface area (Å²) in [6, 6.07) is 5.64. The minimum absolute atomic E-state index is 0.0896. The third-order valence-electron chi connectivity index (χ3n) is 5.32. The van der Waals surface area contributed by atoms with Crippen LogP contribution in [0, 0.1) is 10.1 Å². The Morgan fingerprint density at radius 3 is 2.70 bits per heavy atom. The van der Waals surface area contributed by atoms with Gasteiger partial charge in [0.25, 0.3) is 0 Å². The lowest BCUT2D eigenvalue weighted by atomic mass is 10.1. The van der Waals surface area contributed by atoms with Gasteiger partial charge in [-0.3, -0.25) is 4.57 Å². The average Bonchev–Trinajstić information content (AvgIpc) is 3.35. The second-order valence-electron chi connectivity index (χ2n) is 7.62. The zero-order chi connectivity index (χ0) is 21.5. The number of methoxy groups -OCH3 is 2. The third-order valence-corrected chi connectivity index (χ3v) is 5.32. The Hall–Kier alpha value is -3.50. The molecule has 0 N–H and O–H groups in total. The lowest BCUT2D eigenvalue weighted by Gasteiger charge is -2.28. The van der Waals surface area contributed by atoms with Gasteiger partial charge in [0.1, 0.15) is 23.3 Å². The molecule has 160 valence electrons. The van der Waals surface area contributed by atoms with Crippen molar-refractivity contribution in [1.29, 1.82) is 0 Å². The van der Waals surface area contributed by atoms with Gasteiger partial charge in [0.15, 0.2) is 0 Å². The smallest absolute Gasteiger partial charge is 0.415 e. The molecule has 0 spiro atoms. The van der Waals surface area contributed by atoms with E-state index in [4.69, 9.17) is 14.2 Å². The van der Waals surface area contributed by atoms with Crippen molar-refractivity contribution in [2.45, 2.75) is 25.6 Å². The van der Waals surface area contributed by atoms with Crippen molar-refractivity contribution in [2.24, 2.45) is 0 Å². The first-order valence-electron chi connectivity index (χ1n) is 9.47. The fourth-order valence-electron chi connectivity index (χ4n) is 3.88. The summed E-state index contributed by atoms with van der Waals surface area (Å²) in [5, 5.41) is 10.9. The maximum Gasteiger partial charge on any atom is 0.415 e. The molecule has 2 aromatic rings. The molecule has 1 aromatic carbocycles. The number of aromatic nitrogens is 2. The monoisotopic (exact) mass is 417 g/mol. The highest BCUT2D eigenvalue weighted by Gasteiger charge is 2.44. The lowest BCUT2D eigenvalue weighted by Crippen LogP contribution is -2.46. The van der Waals surface area contributed by atoms with Crippen LogP contribution in [0.3, 0.4) is 0 Å². The van der Waals surface area contributed by atoms with E-state index in [2.05, 4.69) is 4.98 Å².